The Bertz CT molecular complexity index is 476. The van der Waals surface area contributed by atoms with Crippen molar-refractivity contribution in [2.24, 2.45) is 0 Å². The van der Waals surface area contributed by atoms with Crippen LogP contribution in [0.3, 0.4) is 0 Å². The van der Waals surface area contributed by atoms with Gasteiger partial charge in [0.1, 0.15) is 0 Å². The molecule has 0 amide bonds. The highest BCUT2D eigenvalue weighted by atomic mass is 14.2. The van der Waals surface area contributed by atoms with Gasteiger partial charge in [0.15, 0.2) is 0 Å². The van der Waals surface area contributed by atoms with E-state index in [2.05, 4.69) is 56.9 Å². The number of rotatable bonds is 2. The minimum atomic E-state index is 1.05. The number of fused-ring (bicyclic) bond motifs is 1. The van der Waals surface area contributed by atoms with Crippen molar-refractivity contribution in [1.29, 1.82) is 0 Å². The first-order valence-corrected chi connectivity index (χ1v) is 6.35. The molecule has 88 valence electrons. The van der Waals surface area contributed by atoms with E-state index in [0.717, 1.165) is 12.8 Å². The third-order valence-electron chi connectivity index (χ3n) is 3.36. The van der Waals surface area contributed by atoms with Crippen LogP contribution in [0.25, 0.3) is 0 Å². The molecule has 0 aromatic carbocycles. The SMILES string of the molecule is C=C1C=C(C(/C=C\C)=C/C)CC2=CCCC=C12. The quantitative estimate of drug-likeness (QED) is 0.576. The molecule has 0 aliphatic heterocycles. The third kappa shape index (κ3) is 2.41. The summed E-state index contributed by atoms with van der Waals surface area (Å²) in [4.78, 5) is 0. The highest BCUT2D eigenvalue weighted by molar-refractivity contribution is 5.61. The Morgan fingerprint density at radius 3 is 2.71 bits per heavy atom. The number of hydrogen-bond donors (Lipinski definition) is 0. The van der Waals surface area contributed by atoms with Gasteiger partial charge in [-0.05, 0) is 61.0 Å². The maximum atomic E-state index is 4.19. The summed E-state index contributed by atoms with van der Waals surface area (Å²) in [7, 11) is 0. The number of hydrogen-bond acceptors (Lipinski definition) is 0. The van der Waals surface area contributed by atoms with E-state index in [1.54, 1.807) is 0 Å². The highest BCUT2D eigenvalue weighted by Gasteiger charge is 2.18. The Balaban J connectivity index is 2.36. The highest BCUT2D eigenvalue weighted by Crippen LogP contribution is 2.37. The largest absolute Gasteiger partial charge is 0.0912 e. The molecule has 0 radical (unpaired) electrons. The molecule has 0 unspecified atom stereocenters. The Hall–Kier alpha value is -1.56. The second kappa shape index (κ2) is 5.18. The van der Waals surface area contributed by atoms with Crippen LogP contribution in [0.1, 0.15) is 33.1 Å². The van der Waals surface area contributed by atoms with Gasteiger partial charge >= 0.3 is 0 Å². The Morgan fingerprint density at radius 1 is 1.24 bits per heavy atom. The predicted octanol–water partition coefficient (Wildman–Crippen LogP) is 5.04. The topological polar surface area (TPSA) is 0 Å². The summed E-state index contributed by atoms with van der Waals surface area (Å²) in [6.45, 7) is 8.35. The molecule has 0 fully saturated rings. The Morgan fingerprint density at radius 2 is 2.00 bits per heavy atom. The molecule has 0 aromatic heterocycles. The second-order valence-electron chi connectivity index (χ2n) is 4.54. The molecule has 2 aliphatic carbocycles. The first-order valence-electron chi connectivity index (χ1n) is 6.35. The van der Waals surface area contributed by atoms with Gasteiger partial charge in [-0.25, -0.2) is 0 Å². The molecule has 2 rings (SSSR count). The average Bonchev–Trinajstić information content (AvgIpc) is 2.36. The molecular weight excluding hydrogens is 204 g/mol. The van der Waals surface area contributed by atoms with Crippen molar-refractivity contribution >= 4 is 0 Å². The summed E-state index contributed by atoms with van der Waals surface area (Å²) in [6, 6.07) is 0. The molecule has 0 atom stereocenters. The normalized spacial score (nSPS) is 20.9. The van der Waals surface area contributed by atoms with Gasteiger partial charge in [-0.2, -0.15) is 0 Å². The van der Waals surface area contributed by atoms with Gasteiger partial charge in [0, 0.05) is 0 Å². The van der Waals surface area contributed by atoms with Crippen LogP contribution < -0.4 is 0 Å². The zero-order chi connectivity index (χ0) is 12.3. The lowest BCUT2D eigenvalue weighted by molar-refractivity contribution is 0.957. The van der Waals surface area contributed by atoms with Crippen LogP contribution in [0.15, 0.2) is 70.9 Å². The van der Waals surface area contributed by atoms with Crippen molar-refractivity contribution in [2.75, 3.05) is 0 Å². The van der Waals surface area contributed by atoms with Gasteiger partial charge in [-0.1, -0.05) is 43.0 Å². The maximum Gasteiger partial charge on any atom is -0.00169 e. The van der Waals surface area contributed by atoms with E-state index < -0.39 is 0 Å². The first-order chi connectivity index (χ1) is 8.26. The van der Waals surface area contributed by atoms with Crippen LogP contribution >= 0.6 is 0 Å². The van der Waals surface area contributed by atoms with Gasteiger partial charge in [0.05, 0.1) is 0 Å². The fourth-order valence-electron chi connectivity index (χ4n) is 2.53. The molecule has 0 saturated heterocycles. The molecule has 0 bridgehead atoms. The average molecular weight is 224 g/mol. The monoisotopic (exact) mass is 224 g/mol. The van der Waals surface area contributed by atoms with Crippen LogP contribution in [-0.2, 0) is 0 Å². The standard InChI is InChI=1S/C17H20/c1-4-8-14(5-2)16-11-13(3)17-10-7-6-9-15(17)12-16/h4-5,8-11H,3,6-7,12H2,1-2H3/b8-4-,14-5+. The van der Waals surface area contributed by atoms with E-state index in [1.807, 2.05) is 0 Å². The van der Waals surface area contributed by atoms with Gasteiger partial charge in [-0.3, -0.25) is 0 Å². The lowest BCUT2D eigenvalue weighted by Crippen LogP contribution is -2.05. The van der Waals surface area contributed by atoms with Crippen LogP contribution in [0.2, 0.25) is 0 Å². The summed E-state index contributed by atoms with van der Waals surface area (Å²) in [6.07, 6.45) is 16.8. The van der Waals surface area contributed by atoms with E-state index in [-0.39, 0.29) is 0 Å². The lowest BCUT2D eigenvalue weighted by Gasteiger charge is -2.24. The molecule has 0 nitrogen and oxygen atoms in total. The summed E-state index contributed by atoms with van der Waals surface area (Å²) in [5.41, 5.74) is 6.71. The Kier molecular flexibility index (Phi) is 3.63. The smallest absolute Gasteiger partial charge is 0.00169 e. The fraction of sp³-hybridized carbons (Fsp3) is 0.294. The molecule has 0 heteroatoms. The van der Waals surface area contributed by atoms with E-state index in [9.17, 15) is 0 Å². The Labute approximate surface area is 104 Å². The van der Waals surface area contributed by atoms with Crippen molar-refractivity contribution in [3.63, 3.8) is 0 Å². The van der Waals surface area contributed by atoms with Crippen molar-refractivity contribution in [2.45, 2.75) is 33.1 Å². The van der Waals surface area contributed by atoms with E-state index in [0.29, 0.717) is 0 Å². The molecule has 0 N–H and O–H groups in total. The van der Waals surface area contributed by atoms with Crippen LogP contribution in [-0.4, -0.2) is 0 Å². The fourth-order valence-corrected chi connectivity index (χ4v) is 2.53. The van der Waals surface area contributed by atoms with Crippen LogP contribution in [0, 0.1) is 0 Å². The first kappa shape index (κ1) is 11.9. The van der Waals surface area contributed by atoms with Crippen molar-refractivity contribution in [3.05, 3.63) is 70.9 Å². The second-order valence-corrected chi connectivity index (χ2v) is 4.54. The van der Waals surface area contributed by atoms with E-state index in [1.165, 1.54) is 34.3 Å². The maximum absolute atomic E-state index is 4.19. The minimum absolute atomic E-state index is 1.05. The molecule has 0 spiro atoms. The van der Waals surface area contributed by atoms with E-state index >= 15 is 0 Å². The molecule has 0 heterocycles. The number of allylic oxidation sites excluding steroid dienone is 11. The van der Waals surface area contributed by atoms with Crippen molar-refractivity contribution in [3.8, 4) is 0 Å². The lowest BCUT2D eigenvalue weighted by atomic mass is 9.80. The van der Waals surface area contributed by atoms with Crippen molar-refractivity contribution in [1.82, 2.24) is 0 Å². The molecule has 17 heavy (non-hydrogen) atoms. The predicted molar refractivity (Wildman–Crippen MR) is 75.8 cm³/mol. The molecular formula is C17H20. The third-order valence-corrected chi connectivity index (χ3v) is 3.36. The van der Waals surface area contributed by atoms with Gasteiger partial charge < -0.3 is 0 Å². The van der Waals surface area contributed by atoms with Crippen LogP contribution in [0.5, 0.6) is 0 Å². The van der Waals surface area contributed by atoms with Gasteiger partial charge in [0.25, 0.3) is 0 Å². The van der Waals surface area contributed by atoms with Crippen LogP contribution in [0.4, 0.5) is 0 Å². The minimum Gasteiger partial charge on any atom is -0.0912 e. The summed E-state index contributed by atoms with van der Waals surface area (Å²) < 4.78 is 0. The van der Waals surface area contributed by atoms with Gasteiger partial charge in [-0.15, -0.1) is 0 Å². The summed E-state index contributed by atoms with van der Waals surface area (Å²) >= 11 is 0. The molecule has 2 aliphatic rings. The van der Waals surface area contributed by atoms with E-state index in [4.69, 9.17) is 0 Å². The zero-order valence-corrected chi connectivity index (χ0v) is 10.8. The molecule has 0 aromatic rings. The van der Waals surface area contributed by atoms with Gasteiger partial charge in [0.2, 0.25) is 0 Å². The van der Waals surface area contributed by atoms with Crippen molar-refractivity contribution < 1.29 is 0 Å². The summed E-state index contributed by atoms with van der Waals surface area (Å²) in [5, 5.41) is 0. The zero-order valence-electron chi connectivity index (χ0n) is 10.8. The molecule has 0 saturated carbocycles. The summed E-state index contributed by atoms with van der Waals surface area (Å²) in [5.74, 6) is 0.